The molecule has 0 radical (unpaired) electrons. The smallest absolute Gasteiger partial charge is 0.223 e. The number of hydrogen-bond acceptors (Lipinski definition) is 4. The minimum absolute atomic E-state index is 0.00787. The lowest BCUT2D eigenvalue weighted by Gasteiger charge is -2.37. The number of carbonyl (C=O) groups is 2. The first-order chi connectivity index (χ1) is 13.7. The van der Waals surface area contributed by atoms with Crippen LogP contribution in [0.4, 0.5) is 0 Å². The van der Waals surface area contributed by atoms with Crippen LogP contribution in [0.3, 0.4) is 0 Å². The summed E-state index contributed by atoms with van der Waals surface area (Å²) < 4.78 is 10.8. The molecule has 0 bridgehead atoms. The molecule has 0 aromatic heterocycles. The van der Waals surface area contributed by atoms with Gasteiger partial charge in [-0.1, -0.05) is 24.3 Å². The van der Waals surface area contributed by atoms with Gasteiger partial charge in [0.15, 0.2) is 0 Å². The Morgan fingerprint density at radius 2 is 1.68 bits per heavy atom. The molecule has 3 aliphatic heterocycles. The van der Waals surface area contributed by atoms with Crippen molar-refractivity contribution in [2.75, 3.05) is 33.0 Å². The summed E-state index contributed by atoms with van der Waals surface area (Å²) in [5.41, 5.74) is 2.49. The molecule has 2 unspecified atom stereocenters. The van der Waals surface area contributed by atoms with Gasteiger partial charge in [-0.2, -0.15) is 0 Å². The number of benzene rings is 1. The highest BCUT2D eigenvalue weighted by Gasteiger charge is 2.32. The van der Waals surface area contributed by atoms with Gasteiger partial charge in [0.2, 0.25) is 11.8 Å². The Hall–Kier alpha value is -1.92. The fourth-order valence-corrected chi connectivity index (χ4v) is 4.48. The van der Waals surface area contributed by atoms with Crippen molar-refractivity contribution in [2.24, 2.45) is 11.8 Å². The van der Waals surface area contributed by atoms with E-state index in [1.807, 2.05) is 17.0 Å². The third-order valence-corrected chi connectivity index (χ3v) is 6.20. The molecule has 1 aromatic carbocycles. The number of nitrogens with one attached hydrogen (secondary N) is 1. The third-order valence-electron chi connectivity index (χ3n) is 6.20. The van der Waals surface area contributed by atoms with Crippen LogP contribution in [-0.2, 0) is 32.0 Å². The van der Waals surface area contributed by atoms with Gasteiger partial charge in [0, 0.05) is 52.4 Å². The molecule has 0 aliphatic carbocycles. The number of amides is 2. The van der Waals surface area contributed by atoms with Crippen LogP contribution in [0.15, 0.2) is 24.3 Å². The summed E-state index contributed by atoms with van der Waals surface area (Å²) in [5.74, 6) is 0.883. The van der Waals surface area contributed by atoms with Crippen molar-refractivity contribution >= 4 is 11.8 Å². The van der Waals surface area contributed by atoms with Gasteiger partial charge < -0.3 is 19.7 Å². The summed E-state index contributed by atoms with van der Waals surface area (Å²) >= 11 is 0. The molecular formula is C22H30N2O4. The van der Waals surface area contributed by atoms with Gasteiger partial charge >= 0.3 is 0 Å². The van der Waals surface area contributed by atoms with Crippen molar-refractivity contribution in [1.29, 1.82) is 0 Å². The highest BCUT2D eigenvalue weighted by atomic mass is 16.5. The zero-order valence-corrected chi connectivity index (χ0v) is 16.4. The molecule has 28 heavy (non-hydrogen) atoms. The number of fused-ring (bicyclic) bond motifs is 1. The highest BCUT2D eigenvalue weighted by Crippen LogP contribution is 2.26. The predicted octanol–water partition coefficient (Wildman–Crippen LogP) is 1.91. The molecule has 0 saturated carbocycles. The predicted molar refractivity (Wildman–Crippen MR) is 105 cm³/mol. The van der Waals surface area contributed by atoms with Gasteiger partial charge in [0.05, 0.1) is 6.04 Å². The van der Waals surface area contributed by atoms with Gasteiger partial charge in [-0.05, 0) is 42.2 Å². The first-order valence-electron chi connectivity index (χ1n) is 10.5. The van der Waals surface area contributed by atoms with Crippen molar-refractivity contribution < 1.29 is 19.1 Å². The van der Waals surface area contributed by atoms with Crippen LogP contribution in [0.1, 0.15) is 36.8 Å². The standard InChI is InChI=1S/C22H30N2O4/c25-21(9-16-5-7-27-14-16)23-12-20-11-18-3-1-2-4-19(18)13-24(20)22(26)10-17-6-8-28-15-17/h1-4,16-17,20H,5-15H2,(H,23,25)/t16?,17?,20-/m0/s1. The van der Waals surface area contributed by atoms with E-state index in [4.69, 9.17) is 9.47 Å². The molecule has 3 heterocycles. The summed E-state index contributed by atoms with van der Waals surface area (Å²) in [7, 11) is 0. The summed E-state index contributed by atoms with van der Waals surface area (Å²) in [6.07, 6.45) is 3.75. The topological polar surface area (TPSA) is 67.9 Å². The second-order valence-corrected chi connectivity index (χ2v) is 8.32. The first kappa shape index (κ1) is 19.4. The largest absolute Gasteiger partial charge is 0.381 e. The van der Waals surface area contributed by atoms with Crippen LogP contribution in [0.25, 0.3) is 0 Å². The molecule has 6 heteroatoms. The molecule has 2 amide bonds. The fraction of sp³-hybridized carbons (Fsp3) is 0.636. The molecule has 2 saturated heterocycles. The molecule has 6 nitrogen and oxygen atoms in total. The normalized spacial score (nSPS) is 26.9. The molecule has 4 rings (SSSR count). The molecular weight excluding hydrogens is 356 g/mol. The minimum Gasteiger partial charge on any atom is -0.381 e. The SMILES string of the molecule is O=C(CC1CCOC1)NC[C@@H]1Cc2ccccc2CN1C(=O)CC1CCOC1. The first-order valence-corrected chi connectivity index (χ1v) is 10.5. The maximum absolute atomic E-state index is 13.0. The van der Waals surface area contributed by atoms with Gasteiger partial charge in [0.25, 0.3) is 0 Å². The fourth-order valence-electron chi connectivity index (χ4n) is 4.48. The third kappa shape index (κ3) is 4.73. The van der Waals surface area contributed by atoms with Crippen LogP contribution in [0, 0.1) is 11.8 Å². The van der Waals surface area contributed by atoms with E-state index in [9.17, 15) is 9.59 Å². The Balaban J connectivity index is 1.39. The Kier molecular flexibility index (Phi) is 6.27. The molecule has 3 aliphatic rings. The van der Waals surface area contributed by atoms with E-state index in [1.165, 1.54) is 11.1 Å². The van der Waals surface area contributed by atoms with Gasteiger partial charge in [0.1, 0.15) is 0 Å². The van der Waals surface area contributed by atoms with E-state index >= 15 is 0 Å². The van der Waals surface area contributed by atoms with E-state index in [1.54, 1.807) is 0 Å². The van der Waals surface area contributed by atoms with E-state index in [0.717, 1.165) is 32.5 Å². The van der Waals surface area contributed by atoms with E-state index in [2.05, 4.69) is 17.4 Å². The van der Waals surface area contributed by atoms with Crippen LogP contribution >= 0.6 is 0 Å². The summed E-state index contributed by atoms with van der Waals surface area (Å²) in [6, 6.07) is 8.31. The Morgan fingerprint density at radius 1 is 1.00 bits per heavy atom. The number of carbonyl (C=O) groups excluding carboxylic acids is 2. The average Bonchev–Trinajstić information content (AvgIpc) is 3.40. The second-order valence-electron chi connectivity index (χ2n) is 8.32. The van der Waals surface area contributed by atoms with Gasteiger partial charge in [-0.15, -0.1) is 0 Å². The lowest BCUT2D eigenvalue weighted by atomic mass is 9.92. The number of rotatable bonds is 6. The van der Waals surface area contributed by atoms with Crippen LogP contribution in [-0.4, -0.2) is 55.7 Å². The lowest BCUT2D eigenvalue weighted by Crippen LogP contribution is -2.50. The molecule has 152 valence electrons. The number of ether oxygens (including phenoxy) is 2. The van der Waals surface area contributed by atoms with Crippen LogP contribution < -0.4 is 5.32 Å². The molecule has 1 N–H and O–H groups in total. The summed E-state index contributed by atoms with van der Waals surface area (Å²) in [4.78, 5) is 27.4. The van der Waals surface area contributed by atoms with Crippen molar-refractivity contribution in [2.45, 2.75) is 44.7 Å². The molecule has 0 spiro atoms. The van der Waals surface area contributed by atoms with Crippen LogP contribution in [0.2, 0.25) is 0 Å². The van der Waals surface area contributed by atoms with Gasteiger partial charge in [-0.3, -0.25) is 9.59 Å². The Morgan fingerprint density at radius 3 is 2.36 bits per heavy atom. The number of hydrogen-bond donors (Lipinski definition) is 1. The van der Waals surface area contributed by atoms with E-state index < -0.39 is 0 Å². The monoisotopic (exact) mass is 386 g/mol. The quantitative estimate of drug-likeness (QED) is 0.811. The molecule has 3 atom stereocenters. The van der Waals surface area contributed by atoms with Crippen molar-refractivity contribution in [1.82, 2.24) is 10.2 Å². The van der Waals surface area contributed by atoms with Crippen molar-refractivity contribution in [3.63, 3.8) is 0 Å². The second kappa shape index (κ2) is 9.05. The molecule has 1 aromatic rings. The zero-order valence-electron chi connectivity index (χ0n) is 16.4. The van der Waals surface area contributed by atoms with Crippen LogP contribution in [0.5, 0.6) is 0 Å². The molecule has 2 fully saturated rings. The van der Waals surface area contributed by atoms with E-state index in [-0.39, 0.29) is 17.9 Å². The summed E-state index contributed by atoms with van der Waals surface area (Å²) in [5, 5.41) is 3.08. The highest BCUT2D eigenvalue weighted by molar-refractivity contribution is 5.78. The maximum atomic E-state index is 13.0. The number of nitrogens with zero attached hydrogens (tertiary/aromatic N) is 1. The van der Waals surface area contributed by atoms with Gasteiger partial charge in [-0.25, -0.2) is 0 Å². The Labute approximate surface area is 166 Å². The summed E-state index contributed by atoms with van der Waals surface area (Å²) in [6.45, 7) is 4.00. The minimum atomic E-state index is 0.00787. The zero-order chi connectivity index (χ0) is 19.3. The Bertz CT molecular complexity index is 696. The maximum Gasteiger partial charge on any atom is 0.223 e. The van der Waals surface area contributed by atoms with E-state index in [0.29, 0.717) is 51.0 Å². The van der Waals surface area contributed by atoms with Crippen molar-refractivity contribution in [3.05, 3.63) is 35.4 Å². The lowest BCUT2D eigenvalue weighted by molar-refractivity contribution is -0.136. The van der Waals surface area contributed by atoms with Crippen molar-refractivity contribution in [3.8, 4) is 0 Å². The average molecular weight is 386 g/mol.